The molecule has 0 aromatic heterocycles. The van der Waals surface area contributed by atoms with E-state index in [1.165, 1.54) is 29.9 Å². The zero-order valence-electron chi connectivity index (χ0n) is 16.7. The van der Waals surface area contributed by atoms with E-state index in [-0.39, 0.29) is 0 Å². The summed E-state index contributed by atoms with van der Waals surface area (Å²) >= 11 is 0. The van der Waals surface area contributed by atoms with Crippen LogP contribution >= 0.6 is 0 Å². The second-order valence-electron chi connectivity index (χ2n) is 8.42. The van der Waals surface area contributed by atoms with Crippen molar-refractivity contribution in [3.63, 3.8) is 0 Å². The summed E-state index contributed by atoms with van der Waals surface area (Å²) < 4.78 is 39.5. The van der Waals surface area contributed by atoms with Crippen molar-refractivity contribution >= 4 is 0 Å². The predicted octanol–water partition coefficient (Wildman–Crippen LogP) is 7.53. The molecule has 0 saturated heterocycles. The molecule has 2 aliphatic carbocycles. The van der Waals surface area contributed by atoms with Crippen LogP contribution in [0.4, 0.5) is 13.2 Å². The Bertz CT molecular complexity index is 817. The molecule has 4 heteroatoms. The van der Waals surface area contributed by atoms with Crippen molar-refractivity contribution in [1.82, 2.24) is 0 Å². The average molecular weight is 400 g/mol. The molecule has 2 aliphatic rings. The third-order valence-corrected chi connectivity index (χ3v) is 6.70. The van der Waals surface area contributed by atoms with E-state index in [0.29, 0.717) is 23.7 Å². The minimum absolute atomic E-state index is 0.303. The van der Waals surface area contributed by atoms with Gasteiger partial charge in [0, 0.05) is 0 Å². The summed E-state index contributed by atoms with van der Waals surface area (Å²) in [6.45, 7) is 4.42. The zero-order valence-corrected chi connectivity index (χ0v) is 16.7. The monoisotopic (exact) mass is 399 g/mol. The molecule has 154 valence electrons. The van der Waals surface area contributed by atoms with Gasteiger partial charge in [-0.25, -0.2) is 8.78 Å². The summed E-state index contributed by atoms with van der Waals surface area (Å²) in [5.41, 5.74) is 2.26. The van der Waals surface area contributed by atoms with Crippen LogP contribution in [0.15, 0.2) is 54.4 Å². The van der Waals surface area contributed by atoms with Crippen molar-refractivity contribution in [3.05, 3.63) is 71.6 Å². The van der Waals surface area contributed by atoms with Crippen molar-refractivity contribution < 1.29 is 13.2 Å². The van der Waals surface area contributed by atoms with E-state index in [1.807, 2.05) is 6.08 Å². The number of allylic oxidation sites excluding steroid dienone is 5. The van der Waals surface area contributed by atoms with Crippen molar-refractivity contribution in [2.75, 3.05) is 0 Å². The summed E-state index contributed by atoms with van der Waals surface area (Å²) in [5, 5.41) is 8.43. The number of benzene rings is 1. The van der Waals surface area contributed by atoms with E-state index in [9.17, 15) is 13.2 Å². The van der Waals surface area contributed by atoms with Crippen molar-refractivity contribution in [2.45, 2.75) is 57.3 Å². The lowest BCUT2D eigenvalue weighted by Crippen LogP contribution is -2.22. The fourth-order valence-electron chi connectivity index (χ4n) is 4.91. The van der Waals surface area contributed by atoms with Gasteiger partial charge in [-0.05, 0) is 98.8 Å². The molecule has 1 aromatic carbocycles. The molecule has 0 unspecified atom stereocenters. The van der Waals surface area contributed by atoms with Gasteiger partial charge in [0.15, 0.2) is 17.5 Å². The van der Waals surface area contributed by atoms with Gasteiger partial charge in [0.2, 0.25) is 0 Å². The topological polar surface area (TPSA) is 23.8 Å². The maximum absolute atomic E-state index is 13.5. The summed E-state index contributed by atoms with van der Waals surface area (Å²) in [7, 11) is 0. The van der Waals surface area contributed by atoms with Gasteiger partial charge >= 0.3 is 0 Å². The Morgan fingerprint density at radius 2 is 1.59 bits per heavy atom. The predicted molar refractivity (Wildman–Crippen MR) is 110 cm³/mol. The lowest BCUT2D eigenvalue weighted by atomic mass is 9.70. The maximum atomic E-state index is 13.5. The molecule has 1 aromatic rings. The summed E-state index contributed by atoms with van der Waals surface area (Å²) in [6, 6.07) is 5.77. The number of halogens is 3. The molecule has 3 rings (SSSR count). The minimum Gasteiger partial charge on any atom is -0.204 e. The first-order valence-electron chi connectivity index (χ1n) is 10.6. The van der Waals surface area contributed by atoms with E-state index in [2.05, 4.69) is 6.58 Å². The second-order valence-corrected chi connectivity index (χ2v) is 8.42. The number of rotatable bonds is 5. The first-order chi connectivity index (χ1) is 14.0. The molecule has 0 radical (unpaired) electrons. The highest BCUT2D eigenvalue weighted by atomic mass is 19.2. The molecule has 2 fully saturated rings. The largest absolute Gasteiger partial charge is 0.204 e. The van der Waals surface area contributed by atoms with E-state index in [0.717, 1.165) is 56.9 Å². The molecule has 0 amide bonds. The Morgan fingerprint density at radius 1 is 0.966 bits per heavy atom. The van der Waals surface area contributed by atoms with Crippen LogP contribution in [0.2, 0.25) is 0 Å². The van der Waals surface area contributed by atoms with Crippen molar-refractivity contribution in [3.8, 4) is 6.07 Å². The maximum Gasteiger partial charge on any atom is 0.199 e. The van der Waals surface area contributed by atoms with Gasteiger partial charge in [-0.15, -0.1) is 0 Å². The first kappa shape index (κ1) is 21.4. The molecule has 0 atom stereocenters. The van der Waals surface area contributed by atoms with Crippen LogP contribution in [0.25, 0.3) is 0 Å². The van der Waals surface area contributed by atoms with Gasteiger partial charge in [0.05, 0.1) is 0 Å². The molecule has 29 heavy (non-hydrogen) atoms. The molecule has 2 saturated carbocycles. The van der Waals surface area contributed by atoms with Gasteiger partial charge in [-0.2, -0.15) is 9.65 Å². The fraction of sp³-hybridized carbons (Fsp3) is 0.480. The number of nitrogens with zero attached hydrogens (tertiary/aromatic N) is 1. The molecule has 0 aliphatic heterocycles. The highest BCUT2D eigenvalue weighted by Gasteiger charge is 2.29. The summed E-state index contributed by atoms with van der Waals surface area (Å²) in [5.74, 6) is -0.514. The molecule has 0 N–H and O–H groups in total. The van der Waals surface area contributed by atoms with Crippen LogP contribution in [-0.2, 0) is 0 Å². The Labute approximate surface area is 171 Å². The Morgan fingerprint density at radius 3 is 2.17 bits per heavy atom. The molecule has 0 heterocycles. The Balaban J connectivity index is 1.46. The number of hydrogen-bond acceptors (Lipinski definition) is 1. The van der Waals surface area contributed by atoms with Crippen molar-refractivity contribution in [1.29, 1.82) is 5.26 Å². The molecular weight excluding hydrogens is 371 g/mol. The minimum atomic E-state index is -0.785. The lowest BCUT2D eigenvalue weighted by molar-refractivity contribution is 0.289. The Hall–Kier alpha value is -2.28. The van der Waals surface area contributed by atoms with E-state index >= 15 is 0 Å². The van der Waals surface area contributed by atoms with Gasteiger partial charge in [-0.1, -0.05) is 30.4 Å². The highest BCUT2D eigenvalue weighted by Crippen LogP contribution is 2.43. The standard InChI is InChI=1S/C25H28F3N/c1-17(19-7-5-18(6-8-19)3-2-4-23(26)16-29)20-9-11-21(12-10-20)22-13-14-24(27)25(28)15-22/h2-4,13-15,18-21H,1,5-12H2/b3-2+,23-4-/t18-,19-,20-,21-. The molecular formula is C25H28F3N. The normalized spacial score (nSPS) is 28.3. The van der Waals surface area contributed by atoms with Crippen LogP contribution < -0.4 is 0 Å². The molecule has 0 spiro atoms. The lowest BCUT2D eigenvalue weighted by Gasteiger charge is -2.36. The number of hydrogen-bond donors (Lipinski definition) is 0. The summed E-state index contributed by atoms with van der Waals surface area (Å²) in [6.07, 6.45) is 13.3. The average Bonchev–Trinajstić information content (AvgIpc) is 2.75. The van der Waals surface area contributed by atoms with Gasteiger partial charge in [-0.3, -0.25) is 0 Å². The van der Waals surface area contributed by atoms with Crippen LogP contribution in [-0.4, -0.2) is 0 Å². The number of nitriles is 1. The fourth-order valence-corrected chi connectivity index (χ4v) is 4.91. The van der Waals surface area contributed by atoms with Gasteiger partial charge in [0.1, 0.15) is 6.07 Å². The smallest absolute Gasteiger partial charge is 0.199 e. The molecule has 1 nitrogen and oxygen atoms in total. The highest BCUT2D eigenvalue weighted by molar-refractivity contribution is 5.23. The SMILES string of the molecule is C=C([C@H]1CC[C@H](/C=C/C=C(\F)C#N)CC1)[C@H]1CC[C@H](c2ccc(F)c(F)c2)CC1. The summed E-state index contributed by atoms with van der Waals surface area (Å²) in [4.78, 5) is 0. The third-order valence-electron chi connectivity index (χ3n) is 6.70. The molecule has 0 bridgehead atoms. The van der Waals surface area contributed by atoms with E-state index in [1.54, 1.807) is 12.1 Å². The van der Waals surface area contributed by atoms with E-state index in [4.69, 9.17) is 5.26 Å². The zero-order chi connectivity index (χ0) is 20.8. The second kappa shape index (κ2) is 9.96. The van der Waals surface area contributed by atoms with Crippen LogP contribution in [0.1, 0.15) is 62.8 Å². The van der Waals surface area contributed by atoms with E-state index < -0.39 is 17.5 Å². The van der Waals surface area contributed by atoms with Gasteiger partial charge in [0.25, 0.3) is 0 Å². The van der Waals surface area contributed by atoms with Crippen LogP contribution in [0.5, 0.6) is 0 Å². The first-order valence-corrected chi connectivity index (χ1v) is 10.6. The van der Waals surface area contributed by atoms with Gasteiger partial charge < -0.3 is 0 Å². The van der Waals surface area contributed by atoms with Crippen LogP contribution in [0, 0.1) is 40.7 Å². The van der Waals surface area contributed by atoms with Crippen LogP contribution in [0.3, 0.4) is 0 Å². The van der Waals surface area contributed by atoms with Crippen molar-refractivity contribution in [2.24, 2.45) is 17.8 Å². The Kier molecular flexibility index (Phi) is 7.36. The third kappa shape index (κ3) is 5.63. The quantitative estimate of drug-likeness (QED) is 0.285.